The van der Waals surface area contributed by atoms with E-state index in [1.807, 2.05) is 21.1 Å². The Morgan fingerprint density at radius 2 is 0.851 bits per heavy atom. The van der Waals surface area contributed by atoms with E-state index >= 15 is 0 Å². The summed E-state index contributed by atoms with van der Waals surface area (Å²) in [6, 6.07) is 0. The Bertz CT molecular complexity index is 1280. The Balaban J connectivity index is 4.22. The van der Waals surface area contributed by atoms with Crippen LogP contribution in [0.2, 0.25) is 0 Å². The largest absolute Gasteiger partial charge is 0.477 e. The molecular weight excluding hydrogens is 839 g/mol. The Kier molecular flexibility index (Phi) is 47.2. The van der Waals surface area contributed by atoms with Crippen LogP contribution in [0.5, 0.6) is 0 Å². The van der Waals surface area contributed by atoms with Gasteiger partial charge in [-0.2, -0.15) is 0 Å². The van der Waals surface area contributed by atoms with Gasteiger partial charge in [-0.25, -0.2) is 4.79 Å². The maximum Gasteiger partial charge on any atom is 0.361 e. The molecule has 0 aliphatic rings. The molecule has 0 radical (unpaired) electrons. The molecule has 0 aliphatic heterocycles. The molecule has 0 fully saturated rings. The van der Waals surface area contributed by atoms with Gasteiger partial charge in [0, 0.05) is 12.8 Å². The zero-order valence-corrected chi connectivity index (χ0v) is 44.1. The third-order valence-electron chi connectivity index (χ3n) is 11.8. The van der Waals surface area contributed by atoms with Crippen LogP contribution >= 0.6 is 0 Å². The second-order valence-corrected chi connectivity index (χ2v) is 19.5. The maximum atomic E-state index is 12.8. The lowest BCUT2D eigenvalue weighted by Crippen LogP contribution is -2.40. The standard InChI is InChI=1S/C58H103NO8/c1-6-8-10-12-14-16-18-20-22-23-24-25-26-27-28-29-30-31-32-33-35-36-38-40-42-44-46-48-55(60)65-52-54(53-66-58(57(62)63)64-51-50-59(3,4)5)67-56(61)49-47-45-43-41-39-37-34-21-19-17-15-13-11-9-7-2/h9,11,15,17,21,23-24,34,39,41,54,58H,6-8,10,12-14,16,18-20,22,25-33,35-38,40,42-53H2,1-5H3/p+1/b11-9-,17-15-,24-23-,34-21-,41-39-. The molecule has 0 aromatic carbocycles. The molecule has 0 rings (SSSR count). The molecule has 67 heavy (non-hydrogen) atoms. The number of rotatable bonds is 50. The summed E-state index contributed by atoms with van der Waals surface area (Å²) in [5.41, 5.74) is 0. The van der Waals surface area contributed by atoms with Crippen molar-refractivity contribution in [3.05, 3.63) is 60.8 Å². The normalized spacial score (nSPS) is 13.3. The van der Waals surface area contributed by atoms with Gasteiger partial charge < -0.3 is 28.5 Å². The highest BCUT2D eigenvalue weighted by Crippen LogP contribution is 2.16. The number of esters is 2. The van der Waals surface area contributed by atoms with Crippen LogP contribution in [0.4, 0.5) is 0 Å². The van der Waals surface area contributed by atoms with E-state index in [-0.39, 0.29) is 32.2 Å². The van der Waals surface area contributed by atoms with E-state index in [0.29, 0.717) is 23.9 Å². The number of quaternary nitrogens is 1. The minimum Gasteiger partial charge on any atom is -0.477 e. The number of likely N-dealkylation sites (N-methyl/N-ethyl adjacent to an activating group) is 1. The van der Waals surface area contributed by atoms with E-state index in [2.05, 4.69) is 74.6 Å². The third-order valence-corrected chi connectivity index (χ3v) is 11.8. The Morgan fingerprint density at radius 3 is 1.31 bits per heavy atom. The van der Waals surface area contributed by atoms with Gasteiger partial charge in [-0.15, -0.1) is 0 Å². The van der Waals surface area contributed by atoms with Gasteiger partial charge in [0.1, 0.15) is 13.2 Å². The molecule has 0 saturated carbocycles. The number of carbonyl (C=O) groups is 3. The highest BCUT2D eigenvalue weighted by molar-refractivity contribution is 5.71. The lowest BCUT2D eigenvalue weighted by Gasteiger charge is -2.25. The van der Waals surface area contributed by atoms with E-state index in [1.165, 1.54) is 141 Å². The minimum absolute atomic E-state index is 0.178. The number of allylic oxidation sites excluding steroid dienone is 10. The van der Waals surface area contributed by atoms with Crippen molar-refractivity contribution in [2.24, 2.45) is 0 Å². The zero-order valence-electron chi connectivity index (χ0n) is 44.1. The molecule has 0 spiro atoms. The fraction of sp³-hybridized carbons (Fsp3) is 0.776. The van der Waals surface area contributed by atoms with Gasteiger partial charge in [-0.05, 0) is 77.0 Å². The third kappa shape index (κ3) is 50.7. The quantitative estimate of drug-likeness (QED) is 0.0211. The first-order valence-electron chi connectivity index (χ1n) is 27.5. The van der Waals surface area contributed by atoms with Crippen LogP contribution in [0.1, 0.15) is 232 Å². The molecule has 1 N–H and O–H groups in total. The highest BCUT2D eigenvalue weighted by Gasteiger charge is 2.25. The first kappa shape index (κ1) is 64.0. The van der Waals surface area contributed by atoms with Crippen LogP contribution in [0.15, 0.2) is 60.8 Å². The SMILES string of the molecule is CC/C=C\C/C=C\C/C=C\C/C=C\CCCCC(=O)OC(COC(=O)CCCCCCCCCCCCCCCCC/C=C\CCCCCCCCCC)COC(OCC[N+](C)(C)C)C(=O)O. The number of carboxylic acids is 1. The molecule has 0 bridgehead atoms. The summed E-state index contributed by atoms with van der Waals surface area (Å²) in [6.45, 7) is 4.72. The summed E-state index contributed by atoms with van der Waals surface area (Å²) in [6.07, 6.45) is 58.8. The molecule has 0 heterocycles. The molecule has 9 nitrogen and oxygen atoms in total. The van der Waals surface area contributed by atoms with Crippen molar-refractivity contribution in [2.45, 2.75) is 245 Å². The van der Waals surface area contributed by atoms with E-state index in [1.54, 1.807) is 0 Å². The summed E-state index contributed by atoms with van der Waals surface area (Å²) in [5, 5.41) is 9.67. The molecule has 0 saturated heterocycles. The van der Waals surface area contributed by atoms with E-state index in [4.69, 9.17) is 18.9 Å². The average molecular weight is 943 g/mol. The van der Waals surface area contributed by atoms with E-state index in [0.717, 1.165) is 57.8 Å². The van der Waals surface area contributed by atoms with Crippen LogP contribution in [0, 0.1) is 0 Å². The second kappa shape index (κ2) is 49.4. The Hall–Kier alpha value is -3.01. The average Bonchev–Trinajstić information content (AvgIpc) is 3.29. The van der Waals surface area contributed by atoms with Crippen LogP contribution < -0.4 is 0 Å². The lowest BCUT2D eigenvalue weighted by atomic mass is 10.0. The number of ether oxygens (including phenoxy) is 4. The fourth-order valence-corrected chi connectivity index (χ4v) is 7.53. The Morgan fingerprint density at radius 1 is 0.463 bits per heavy atom. The van der Waals surface area contributed by atoms with Crippen LogP contribution in [-0.2, 0) is 33.3 Å². The van der Waals surface area contributed by atoms with Gasteiger partial charge in [0.05, 0.1) is 34.4 Å². The van der Waals surface area contributed by atoms with Gasteiger partial charge >= 0.3 is 17.9 Å². The van der Waals surface area contributed by atoms with Crippen LogP contribution in [-0.4, -0.2) is 87.4 Å². The van der Waals surface area contributed by atoms with Crippen LogP contribution in [0.25, 0.3) is 0 Å². The summed E-state index contributed by atoms with van der Waals surface area (Å²) < 4.78 is 22.8. The first-order valence-corrected chi connectivity index (χ1v) is 27.5. The monoisotopic (exact) mass is 943 g/mol. The number of nitrogens with zero attached hydrogens (tertiary/aromatic N) is 1. The Labute approximate surface area is 412 Å². The lowest BCUT2D eigenvalue weighted by molar-refractivity contribution is -0.870. The predicted molar refractivity (Wildman–Crippen MR) is 281 cm³/mol. The first-order chi connectivity index (χ1) is 32.6. The smallest absolute Gasteiger partial charge is 0.361 e. The van der Waals surface area contributed by atoms with Gasteiger partial charge in [0.15, 0.2) is 6.10 Å². The summed E-state index contributed by atoms with van der Waals surface area (Å²) in [5.74, 6) is -2.06. The van der Waals surface area contributed by atoms with Gasteiger partial charge in [-0.3, -0.25) is 9.59 Å². The predicted octanol–water partition coefficient (Wildman–Crippen LogP) is 15.7. The molecular formula is C58H104NO8+. The van der Waals surface area contributed by atoms with Crippen molar-refractivity contribution in [1.29, 1.82) is 0 Å². The van der Waals surface area contributed by atoms with Gasteiger partial charge in [0.25, 0.3) is 6.29 Å². The second-order valence-electron chi connectivity index (χ2n) is 19.5. The zero-order chi connectivity index (χ0) is 49.2. The van der Waals surface area contributed by atoms with E-state index in [9.17, 15) is 19.5 Å². The maximum absolute atomic E-state index is 12.8. The number of hydrogen-bond donors (Lipinski definition) is 1. The van der Waals surface area contributed by atoms with Crippen LogP contribution in [0.3, 0.4) is 0 Å². The number of carbonyl (C=O) groups excluding carboxylic acids is 2. The number of carboxylic acid groups (broad SMARTS) is 1. The van der Waals surface area contributed by atoms with Crippen molar-refractivity contribution in [3.8, 4) is 0 Å². The summed E-state index contributed by atoms with van der Waals surface area (Å²) in [7, 11) is 5.95. The van der Waals surface area contributed by atoms with Gasteiger partial charge in [0.2, 0.25) is 0 Å². The highest BCUT2D eigenvalue weighted by atomic mass is 16.7. The molecule has 9 heteroatoms. The molecule has 0 aromatic heterocycles. The summed E-state index contributed by atoms with van der Waals surface area (Å²) in [4.78, 5) is 37.3. The molecule has 0 aromatic rings. The fourth-order valence-electron chi connectivity index (χ4n) is 7.53. The topological polar surface area (TPSA) is 108 Å². The van der Waals surface area contributed by atoms with Gasteiger partial charge in [-0.1, -0.05) is 203 Å². The van der Waals surface area contributed by atoms with Crippen molar-refractivity contribution in [2.75, 3.05) is 47.5 Å². The minimum atomic E-state index is -1.52. The van der Waals surface area contributed by atoms with Crippen molar-refractivity contribution >= 4 is 17.9 Å². The molecule has 0 amide bonds. The molecule has 0 aliphatic carbocycles. The number of hydrogen-bond acceptors (Lipinski definition) is 7. The number of aliphatic carboxylic acids is 1. The summed E-state index contributed by atoms with van der Waals surface area (Å²) >= 11 is 0. The number of unbranched alkanes of at least 4 members (excludes halogenated alkanes) is 25. The van der Waals surface area contributed by atoms with Crippen molar-refractivity contribution < 1.29 is 42.9 Å². The van der Waals surface area contributed by atoms with Crippen molar-refractivity contribution in [3.63, 3.8) is 0 Å². The molecule has 2 unspecified atom stereocenters. The molecule has 2 atom stereocenters. The van der Waals surface area contributed by atoms with Crippen molar-refractivity contribution in [1.82, 2.24) is 0 Å². The molecule has 388 valence electrons. The van der Waals surface area contributed by atoms with E-state index < -0.39 is 24.3 Å².